The van der Waals surface area contributed by atoms with Crippen LogP contribution in [0.4, 0.5) is 0 Å². The number of methoxy groups -OCH3 is 1. The Morgan fingerprint density at radius 3 is 2.76 bits per heavy atom. The Morgan fingerprint density at radius 2 is 2.12 bits per heavy atom. The zero-order valence-electron chi connectivity index (χ0n) is 10.9. The third-order valence-corrected chi connectivity index (χ3v) is 3.62. The quantitative estimate of drug-likeness (QED) is 0.781. The monoisotopic (exact) mass is 233 g/mol. The molecule has 1 aromatic carbocycles. The topological polar surface area (TPSA) is 21.3 Å². The average molecular weight is 233 g/mol. The van der Waals surface area contributed by atoms with Gasteiger partial charge in [-0.3, -0.25) is 0 Å². The molecule has 1 aliphatic rings. The number of nitrogens with one attached hydrogen (secondary N) is 1. The molecule has 0 amide bonds. The first-order chi connectivity index (χ1) is 8.35. The van der Waals surface area contributed by atoms with E-state index in [4.69, 9.17) is 4.74 Å². The second-order valence-corrected chi connectivity index (χ2v) is 4.87. The lowest BCUT2D eigenvalue weighted by Gasteiger charge is -2.16. The van der Waals surface area contributed by atoms with Crippen molar-refractivity contribution in [1.29, 1.82) is 0 Å². The normalized spacial score (nSPS) is 16.8. The SMILES string of the molecule is CCC(NCCc1ccccc1OC)C1CC1. The summed E-state index contributed by atoms with van der Waals surface area (Å²) in [6.07, 6.45) is 5.13. The van der Waals surface area contributed by atoms with Gasteiger partial charge in [-0.05, 0) is 49.8 Å². The van der Waals surface area contributed by atoms with Gasteiger partial charge in [-0.1, -0.05) is 25.1 Å². The molecule has 0 spiro atoms. The molecule has 2 nitrogen and oxygen atoms in total. The summed E-state index contributed by atoms with van der Waals surface area (Å²) in [7, 11) is 1.74. The summed E-state index contributed by atoms with van der Waals surface area (Å²) in [5.74, 6) is 1.95. The second-order valence-electron chi connectivity index (χ2n) is 4.87. The van der Waals surface area contributed by atoms with Crippen molar-refractivity contribution in [2.75, 3.05) is 13.7 Å². The number of ether oxygens (including phenoxy) is 1. The van der Waals surface area contributed by atoms with E-state index in [1.807, 2.05) is 12.1 Å². The maximum Gasteiger partial charge on any atom is 0.122 e. The van der Waals surface area contributed by atoms with Crippen LogP contribution in [0.1, 0.15) is 31.7 Å². The minimum Gasteiger partial charge on any atom is -0.496 e. The molecule has 1 fully saturated rings. The lowest BCUT2D eigenvalue weighted by Crippen LogP contribution is -2.32. The molecule has 1 N–H and O–H groups in total. The van der Waals surface area contributed by atoms with Gasteiger partial charge in [-0.15, -0.1) is 0 Å². The van der Waals surface area contributed by atoms with Gasteiger partial charge in [0.1, 0.15) is 5.75 Å². The summed E-state index contributed by atoms with van der Waals surface area (Å²) in [5, 5.41) is 3.68. The van der Waals surface area contributed by atoms with Crippen LogP contribution in [0.5, 0.6) is 5.75 Å². The Morgan fingerprint density at radius 1 is 1.35 bits per heavy atom. The highest BCUT2D eigenvalue weighted by Gasteiger charge is 2.29. The summed E-state index contributed by atoms with van der Waals surface area (Å²) in [6.45, 7) is 3.33. The fourth-order valence-corrected chi connectivity index (χ4v) is 2.44. The van der Waals surface area contributed by atoms with Crippen molar-refractivity contribution in [2.24, 2.45) is 5.92 Å². The summed E-state index contributed by atoms with van der Waals surface area (Å²) >= 11 is 0. The van der Waals surface area contributed by atoms with E-state index in [-0.39, 0.29) is 0 Å². The van der Waals surface area contributed by atoms with E-state index in [1.54, 1.807) is 7.11 Å². The molecule has 0 bridgehead atoms. The maximum atomic E-state index is 5.36. The van der Waals surface area contributed by atoms with Gasteiger partial charge in [0, 0.05) is 6.04 Å². The van der Waals surface area contributed by atoms with Crippen molar-refractivity contribution in [2.45, 2.75) is 38.6 Å². The van der Waals surface area contributed by atoms with E-state index < -0.39 is 0 Å². The highest BCUT2D eigenvalue weighted by molar-refractivity contribution is 5.33. The van der Waals surface area contributed by atoms with Crippen LogP contribution >= 0.6 is 0 Å². The molecule has 1 unspecified atom stereocenters. The molecular weight excluding hydrogens is 210 g/mol. The first-order valence-electron chi connectivity index (χ1n) is 6.70. The number of rotatable bonds is 7. The molecular formula is C15H23NO. The van der Waals surface area contributed by atoms with E-state index in [0.717, 1.165) is 30.7 Å². The Bertz CT molecular complexity index is 347. The maximum absolute atomic E-state index is 5.36. The average Bonchev–Trinajstić information content (AvgIpc) is 3.19. The molecule has 1 aliphatic carbocycles. The number of para-hydroxylation sites is 1. The number of benzene rings is 1. The fraction of sp³-hybridized carbons (Fsp3) is 0.600. The Balaban J connectivity index is 1.80. The first kappa shape index (κ1) is 12.4. The van der Waals surface area contributed by atoms with E-state index in [1.165, 1.54) is 24.8 Å². The third-order valence-electron chi connectivity index (χ3n) is 3.62. The Labute approximate surface area is 104 Å². The lowest BCUT2D eigenvalue weighted by atomic mass is 10.1. The summed E-state index contributed by atoms with van der Waals surface area (Å²) in [4.78, 5) is 0. The zero-order chi connectivity index (χ0) is 12.1. The van der Waals surface area contributed by atoms with Crippen molar-refractivity contribution in [3.8, 4) is 5.75 Å². The van der Waals surface area contributed by atoms with Crippen molar-refractivity contribution in [3.05, 3.63) is 29.8 Å². The minimum absolute atomic E-state index is 0.727. The van der Waals surface area contributed by atoms with Gasteiger partial charge in [0.25, 0.3) is 0 Å². The number of hydrogen-bond acceptors (Lipinski definition) is 2. The number of hydrogen-bond donors (Lipinski definition) is 1. The Hall–Kier alpha value is -1.02. The zero-order valence-corrected chi connectivity index (χ0v) is 10.9. The van der Waals surface area contributed by atoms with Crippen molar-refractivity contribution >= 4 is 0 Å². The van der Waals surface area contributed by atoms with E-state index in [0.29, 0.717) is 0 Å². The molecule has 17 heavy (non-hydrogen) atoms. The molecule has 0 radical (unpaired) electrons. The van der Waals surface area contributed by atoms with Gasteiger partial charge in [0.2, 0.25) is 0 Å². The van der Waals surface area contributed by atoms with Crippen LogP contribution in [0.2, 0.25) is 0 Å². The summed E-state index contributed by atoms with van der Waals surface area (Å²) in [6, 6.07) is 9.02. The first-order valence-corrected chi connectivity index (χ1v) is 6.70. The molecule has 1 atom stereocenters. The molecule has 1 saturated carbocycles. The van der Waals surface area contributed by atoms with Crippen LogP contribution < -0.4 is 10.1 Å². The predicted octanol–water partition coefficient (Wildman–Crippen LogP) is 3.02. The van der Waals surface area contributed by atoms with Gasteiger partial charge < -0.3 is 10.1 Å². The molecule has 0 heterocycles. The molecule has 0 saturated heterocycles. The Kier molecular flexibility index (Phi) is 4.43. The van der Waals surface area contributed by atoms with E-state index in [9.17, 15) is 0 Å². The van der Waals surface area contributed by atoms with Crippen molar-refractivity contribution < 1.29 is 4.74 Å². The van der Waals surface area contributed by atoms with Crippen molar-refractivity contribution in [3.63, 3.8) is 0 Å². The smallest absolute Gasteiger partial charge is 0.122 e. The molecule has 94 valence electrons. The highest BCUT2D eigenvalue weighted by atomic mass is 16.5. The minimum atomic E-state index is 0.727. The molecule has 2 rings (SSSR count). The van der Waals surface area contributed by atoms with Crippen LogP contribution in [0.25, 0.3) is 0 Å². The largest absolute Gasteiger partial charge is 0.496 e. The molecule has 0 aromatic heterocycles. The third kappa shape index (κ3) is 3.47. The van der Waals surface area contributed by atoms with Gasteiger partial charge in [-0.25, -0.2) is 0 Å². The highest BCUT2D eigenvalue weighted by Crippen LogP contribution is 2.33. The van der Waals surface area contributed by atoms with Gasteiger partial charge in [0.15, 0.2) is 0 Å². The van der Waals surface area contributed by atoms with Gasteiger partial charge >= 0.3 is 0 Å². The van der Waals surface area contributed by atoms with E-state index >= 15 is 0 Å². The fourth-order valence-electron chi connectivity index (χ4n) is 2.44. The molecule has 0 aliphatic heterocycles. The van der Waals surface area contributed by atoms with Crippen LogP contribution in [0.15, 0.2) is 24.3 Å². The second kappa shape index (κ2) is 6.06. The molecule has 2 heteroatoms. The molecule has 1 aromatic rings. The van der Waals surface area contributed by atoms with Gasteiger partial charge in [0.05, 0.1) is 7.11 Å². The van der Waals surface area contributed by atoms with Gasteiger partial charge in [-0.2, -0.15) is 0 Å². The lowest BCUT2D eigenvalue weighted by molar-refractivity contribution is 0.406. The van der Waals surface area contributed by atoms with Crippen LogP contribution in [0.3, 0.4) is 0 Å². The summed E-state index contributed by atoms with van der Waals surface area (Å²) < 4.78 is 5.36. The van der Waals surface area contributed by atoms with E-state index in [2.05, 4.69) is 24.4 Å². The van der Waals surface area contributed by atoms with Crippen LogP contribution in [0, 0.1) is 5.92 Å². The van der Waals surface area contributed by atoms with Crippen molar-refractivity contribution in [1.82, 2.24) is 5.32 Å². The van der Waals surface area contributed by atoms with Crippen LogP contribution in [-0.2, 0) is 6.42 Å². The van der Waals surface area contributed by atoms with Crippen LogP contribution in [-0.4, -0.2) is 19.7 Å². The predicted molar refractivity (Wildman–Crippen MR) is 71.5 cm³/mol. The summed E-state index contributed by atoms with van der Waals surface area (Å²) in [5.41, 5.74) is 1.30. The standard InChI is InChI=1S/C15H23NO/c1-3-14(12-8-9-12)16-11-10-13-6-4-5-7-15(13)17-2/h4-7,12,14,16H,3,8-11H2,1-2H3.